The van der Waals surface area contributed by atoms with Crippen LogP contribution in [0.2, 0.25) is 0 Å². The van der Waals surface area contributed by atoms with Crippen LogP contribution in [0.3, 0.4) is 0 Å². The van der Waals surface area contributed by atoms with Gasteiger partial charge < -0.3 is 5.11 Å². The van der Waals surface area contributed by atoms with Gasteiger partial charge in [-0.05, 0) is 60.1 Å². The van der Waals surface area contributed by atoms with E-state index in [0.29, 0.717) is 5.56 Å². The molecule has 0 saturated heterocycles. The van der Waals surface area contributed by atoms with Gasteiger partial charge >= 0.3 is 5.97 Å². The van der Waals surface area contributed by atoms with E-state index >= 15 is 0 Å². The Morgan fingerprint density at radius 1 is 1.00 bits per heavy atom. The molecule has 2 aromatic rings. The van der Waals surface area contributed by atoms with Crippen LogP contribution in [0.25, 0.3) is 5.57 Å². The van der Waals surface area contributed by atoms with E-state index in [1.807, 2.05) is 12.1 Å². The third kappa shape index (κ3) is 3.05. The lowest BCUT2D eigenvalue weighted by molar-refractivity contribution is 0.0697. The van der Waals surface area contributed by atoms with Gasteiger partial charge in [0.15, 0.2) is 0 Å². The molecule has 2 aromatic carbocycles. The molecule has 0 aromatic heterocycles. The van der Waals surface area contributed by atoms with Gasteiger partial charge in [0.25, 0.3) is 0 Å². The molecule has 0 aliphatic heterocycles. The summed E-state index contributed by atoms with van der Waals surface area (Å²) in [4.78, 5) is 10.8. The highest BCUT2D eigenvalue weighted by atomic mass is 16.4. The number of allylic oxidation sites excluding steroid dienone is 2. The molecule has 2 heteroatoms. The van der Waals surface area contributed by atoms with E-state index in [1.165, 1.54) is 22.3 Å². The fraction of sp³-hybridized carbons (Fsp3) is 0.211. The third-order valence-corrected chi connectivity index (χ3v) is 4.05. The van der Waals surface area contributed by atoms with Gasteiger partial charge in [-0.15, -0.1) is 0 Å². The summed E-state index contributed by atoms with van der Waals surface area (Å²) in [6.07, 6.45) is 6.54. The van der Waals surface area contributed by atoms with E-state index in [-0.39, 0.29) is 0 Å². The van der Waals surface area contributed by atoms with Gasteiger partial charge in [0, 0.05) is 0 Å². The summed E-state index contributed by atoms with van der Waals surface area (Å²) in [6.45, 7) is 0. The molecule has 106 valence electrons. The number of benzene rings is 2. The predicted molar refractivity (Wildman–Crippen MR) is 84.5 cm³/mol. The molecule has 1 N–H and O–H groups in total. The topological polar surface area (TPSA) is 37.3 Å². The van der Waals surface area contributed by atoms with Gasteiger partial charge in [0.05, 0.1) is 5.56 Å². The first kappa shape index (κ1) is 13.6. The summed E-state index contributed by atoms with van der Waals surface area (Å²) in [5, 5.41) is 8.91. The Morgan fingerprint density at radius 3 is 2.52 bits per heavy atom. The van der Waals surface area contributed by atoms with Crippen molar-refractivity contribution in [1.29, 1.82) is 0 Å². The molecule has 1 aliphatic rings. The van der Waals surface area contributed by atoms with Crippen LogP contribution in [-0.4, -0.2) is 11.1 Å². The van der Waals surface area contributed by atoms with E-state index in [1.54, 1.807) is 12.1 Å². The zero-order valence-electron chi connectivity index (χ0n) is 11.9. The molecule has 1 aliphatic carbocycles. The standard InChI is InChI=1S/C19H18O2/c20-19(21)17-12-9-14(10-13-17)8-11-16-6-3-5-15-4-1-2-7-18(15)16/h1-2,4,6-7,9-10,12-13H,3,5,8,11H2,(H,20,21). The first-order chi connectivity index (χ1) is 10.2. The lowest BCUT2D eigenvalue weighted by atomic mass is 9.88. The summed E-state index contributed by atoms with van der Waals surface area (Å²) < 4.78 is 0. The van der Waals surface area contributed by atoms with E-state index < -0.39 is 5.97 Å². The molecule has 0 bridgehead atoms. The summed E-state index contributed by atoms with van der Waals surface area (Å²) in [6, 6.07) is 15.8. The van der Waals surface area contributed by atoms with Crippen molar-refractivity contribution in [3.8, 4) is 0 Å². The third-order valence-electron chi connectivity index (χ3n) is 4.05. The summed E-state index contributed by atoms with van der Waals surface area (Å²) in [5.41, 5.74) is 5.77. The van der Waals surface area contributed by atoms with Gasteiger partial charge in [-0.2, -0.15) is 0 Å². The summed E-state index contributed by atoms with van der Waals surface area (Å²) in [5.74, 6) is -0.870. The van der Waals surface area contributed by atoms with Crippen LogP contribution in [0.4, 0.5) is 0 Å². The van der Waals surface area contributed by atoms with Crippen molar-refractivity contribution in [2.24, 2.45) is 0 Å². The average molecular weight is 278 g/mol. The molecule has 2 nitrogen and oxygen atoms in total. The maximum absolute atomic E-state index is 10.8. The number of hydrogen-bond acceptors (Lipinski definition) is 1. The molecule has 0 spiro atoms. The van der Waals surface area contributed by atoms with Gasteiger partial charge in [-0.1, -0.05) is 42.5 Å². The number of aryl methyl sites for hydroxylation is 2. The van der Waals surface area contributed by atoms with Crippen molar-refractivity contribution >= 4 is 11.5 Å². The zero-order valence-corrected chi connectivity index (χ0v) is 11.9. The van der Waals surface area contributed by atoms with Crippen LogP contribution in [0.15, 0.2) is 54.6 Å². The Labute approximate surface area is 124 Å². The second kappa shape index (κ2) is 5.96. The Balaban J connectivity index is 1.70. The van der Waals surface area contributed by atoms with E-state index in [4.69, 9.17) is 5.11 Å². The second-order valence-electron chi connectivity index (χ2n) is 5.43. The normalized spacial score (nSPS) is 13.4. The Morgan fingerprint density at radius 2 is 1.76 bits per heavy atom. The van der Waals surface area contributed by atoms with Crippen molar-refractivity contribution in [2.75, 3.05) is 0 Å². The molecule has 0 radical (unpaired) electrons. The Bertz CT molecular complexity index is 681. The van der Waals surface area contributed by atoms with Crippen LogP contribution in [-0.2, 0) is 12.8 Å². The molecule has 0 heterocycles. The minimum absolute atomic E-state index is 0.348. The maximum atomic E-state index is 10.8. The highest BCUT2D eigenvalue weighted by molar-refractivity contribution is 5.87. The zero-order chi connectivity index (χ0) is 14.7. The van der Waals surface area contributed by atoms with Crippen LogP contribution in [0.5, 0.6) is 0 Å². The lowest BCUT2D eigenvalue weighted by Crippen LogP contribution is -2.01. The molecular formula is C19H18O2. The highest BCUT2D eigenvalue weighted by Crippen LogP contribution is 2.29. The van der Waals surface area contributed by atoms with Crippen molar-refractivity contribution in [3.05, 3.63) is 76.9 Å². The summed E-state index contributed by atoms with van der Waals surface area (Å²) in [7, 11) is 0. The molecule has 0 saturated carbocycles. The smallest absolute Gasteiger partial charge is 0.335 e. The van der Waals surface area contributed by atoms with Crippen LogP contribution in [0, 0.1) is 0 Å². The molecular weight excluding hydrogens is 260 g/mol. The molecule has 0 unspecified atom stereocenters. The fourth-order valence-corrected chi connectivity index (χ4v) is 2.89. The Kier molecular flexibility index (Phi) is 3.87. The second-order valence-corrected chi connectivity index (χ2v) is 5.43. The SMILES string of the molecule is O=C(O)c1ccc(CCC2=CCCc3ccccc32)cc1. The fourth-order valence-electron chi connectivity index (χ4n) is 2.89. The molecule has 3 rings (SSSR count). The lowest BCUT2D eigenvalue weighted by Gasteiger charge is -2.17. The molecule has 0 fully saturated rings. The minimum atomic E-state index is -0.870. The number of hydrogen-bond donors (Lipinski definition) is 1. The van der Waals surface area contributed by atoms with E-state index in [2.05, 4.69) is 30.3 Å². The number of carboxylic acid groups (broad SMARTS) is 1. The number of fused-ring (bicyclic) bond motifs is 1. The minimum Gasteiger partial charge on any atom is -0.478 e. The van der Waals surface area contributed by atoms with Crippen molar-refractivity contribution in [2.45, 2.75) is 25.7 Å². The van der Waals surface area contributed by atoms with Crippen LogP contribution < -0.4 is 0 Å². The number of carbonyl (C=O) groups is 1. The van der Waals surface area contributed by atoms with Crippen molar-refractivity contribution < 1.29 is 9.90 Å². The van der Waals surface area contributed by atoms with Gasteiger partial charge in [-0.3, -0.25) is 0 Å². The molecule has 21 heavy (non-hydrogen) atoms. The Hall–Kier alpha value is -2.35. The van der Waals surface area contributed by atoms with Crippen LogP contribution >= 0.6 is 0 Å². The first-order valence-electron chi connectivity index (χ1n) is 7.33. The van der Waals surface area contributed by atoms with E-state index in [9.17, 15) is 4.79 Å². The van der Waals surface area contributed by atoms with Crippen LogP contribution in [0.1, 0.15) is 39.9 Å². The maximum Gasteiger partial charge on any atom is 0.335 e. The highest BCUT2D eigenvalue weighted by Gasteiger charge is 2.11. The van der Waals surface area contributed by atoms with Crippen molar-refractivity contribution in [1.82, 2.24) is 0 Å². The average Bonchev–Trinajstić information content (AvgIpc) is 2.53. The monoisotopic (exact) mass is 278 g/mol. The number of aromatic carboxylic acids is 1. The number of rotatable bonds is 4. The quantitative estimate of drug-likeness (QED) is 0.903. The number of carboxylic acids is 1. The first-order valence-corrected chi connectivity index (χ1v) is 7.33. The molecule has 0 atom stereocenters. The predicted octanol–water partition coefficient (Wildman–Crippen LogP) is 4.35. The summed E-state index contributed by atoms with van der Waals surface area (Å²) >= 11 is 0. The van der Waals surface area contributed by atoms with Gasteiger partial charge in [-0.25, -0.2) is 4.79 Å². The largest absolute Gasteiger partial charge is 0.478 e. The van der Waals surface area contributed by atoms with Crippen molar-refractivity contribution in [3.63, 3.8) is 0 Å². The van der Waals surface area contributed by atoms with Gasteiger partial charge in [0.1, 0.15) is 0 Å². The molecule has 0 amide bonds. The van der Waals surface area contributed by atoms with E-state index in [0.717, 1.165) is 25.7 Å². The van der Waals surface area contributed by atoms with Gasteiger partial charge in [0.2, 0.25) is 0 Å².